The van der Waals surface area contributed by atoms with E-state index in [1.807, 2.05) is 0 Å². The number of aromatic nitrogens is 1. The molecule has 29 heavy (non-hydrogen) atoms. The van der Waals surface area contributed by atoms with Gasteiger partial charge in [-0.3, -0.25) is 14.9 Å². The van der Waals surface area contributed by atoms with Gasteiger partial charge in [0.05, 0.1) is 16.5 Å². The highest BCUT2D eigenvalue weighted by atomic mass is 16.6. The summed E-state index contributed by atoms with van der Waals surface area (Å²) in [5.74, 6) is -0.351. The van der Waals surface area contributed by atoms with Crippen LogP contribution in [0, 0.1) is 10.1 Å². The van der Waals surface area contributed by atoms with Crippen LogP contribution in [0.4, 0.5) is 11.5 Å². The molecule has 154 valence electrons. The molecule has 3 heterocycles. The average Bonchev–Trinajstić information content (AvgIpc) is 3.44. The molecular weight excluding hydrogens is 376 g/mol. The molecule has 2 aromatic rings. The van der Waals surface area contributed by atoms with Gasteiger partial charge in [0.1, 0.15) is 11.8 Å². The monoisotopic (exact) mass is 400 g/mol. The van der Waals surface area contributed by atoms with Crippen molar-refractivity contribution in [3.05, 3.63) is 39.9 Å². The topological polar surface area (TPSA) is 107 Å². The quantitative estimate of drug-likeness (QED) is 0.587. The smallest absolute Gasteiger partial charge is 0.325 e. The van der Waals surface area contributed by atoms with Crippen LogP contribution in [0.1, 0.15) is 36.0 Å². The van der Waals surface area contributed by atoms with Gasteiger partial charge in [-0.25, -0.2) is 4.98 Å². The van der Waals surface area contributed by atoms with Gasteiger partial charge in [0.25, 0.3) is 5.91 Å². The van der Waals surface area contributed by atoms with Crippen molar-refractivity contribution in [1.29, 1.82) is 0 Å². The molecule has 2 aliphatic heterocycles. The first-order valence-corrected chi connectivity index (χ1v) is 9.87. The molecule has 2 saturated heterocycles. The zero-order chi connectivity index (χ0) is 20.4. The van der Waals surface area contributed by atoms with E-state index in [0.29, 0.717) is 30.7 Å². The molecule has 4 rings (SSSR count). The molecule has 2 atom stereocenters. The highest BCUT2D eigenvalue weighted by Gasteiger charge is 2.34. The SMILES string of the molecule is CN(c1nc2ccccc2c(C(=O)NCC2CCCO2)c1[N+](=O)[O-])C1CCCO1. The second kappa shape index (κ2) is 8.30. The van der Waals surface area contributed by atoms with Crippen LogP contribution in [0.3, 0.4) is 0 Å². The third-order valence-corrected chi connectivity index (χ3v) is 5.44. The Morgan fingerprint density at radius 1 is 1.28 bits per heavy atom. The van der Waals surface area contributed by atoms with E-state index in [4.69, 9.17) is 9.47 Å². The maximum absolute atomic E-state index is 13.1. The Morgan fingerprint density at radius 2 is 2.03 bits per heavy atom. The van der Waals surface area contributed by atoms with Gasteiger partial charge in [-0.1, -0.05) is 18.2 Å². The number of carbonyl (C=O) groups excluding carboxylic acids is 1. The molecule has 1 aromatic carbocycles. The van der Waals surface area contributed by atoms with Crippen molar-refractivity contribution in [3.63, 3.8) is 0 Å². The molecule has 9 nitrogen and oxygen atoms in total. The molecule has 2 aliphatic rings. The first kappa shape index (κ1) is 19.5. The highest BCUT2D eigenvalue weighted by molar-refractivity contribution is 6.11. The number of amides is 1. The summed E-state index contributed by atoms with van der Waals surface area (Å²) in [6.07, 6.45) is 3.10. The van der Waals surface area contributed by atoms with Gasteiger partial charge in [-0.15, -0.1) is 0 Å². The summed E-state index contributed by atoms with van der Waals surface area (Å²) in [7, 11) is 1.72. The number of nitro groups is 1. The minimum Gasteiger partial charge on any atom is -0.376 e. The maximum atomic E-state index is 13.1. The summed E-state index contributed by atoms with van der Waals surface area (Å²) in [6, 6.07) is 6.98. The van der Waals surface area contributed by atoms with Crippen molar-refractivity contribution in [1.82, 2.24) is 10.3 Å². The molecule has 1 amide bonds. The maximum Gasteiger partial charge on any atom is 0.325 e. The minimum atomic E-state index is -0.527. The van der Waals surface area contributed by atoms with E-state index in [1.165, 1.54) is 0 Å². The van der Waals surface area contributed by atoms with Crippen LogP contribution in [-0.4, -0.2) is 55.0 Å². The number of benzene rings is 1. The van der Waals surface area contributed by atoms with E-state index in [9.17, 15) is 14.9 Å². The lowest BCUT2D eigenvalue weighted by Gasteiger charge is -2.25. The van der Waals surface area contributed by atoms with Crippen molar-refractivity contribution in [2.24, 2.45) is 0 Å². The molecule has 1 N–H and O–H groups in total. The predicted molar refractivity (Wildman–Crippen MR) is 107 cm³/mol. The number of pyridine rings is 1. The molecule has 1 aromatic heterocycles. The molecule has 0 radical (unpaired) electrons. The number of rotatable bonds is 6. The first-order valence-electron chi connectivity index (χ1n) is 9.87. The molecule has 0 aliphatic carbocycles. The Kier molecular flexibility index (Phi) is 5.59. The van der Waals surface area contributed by atoms with Crippen LogP contribution < -0.4 is 10.2 Å². The summed E-state index contributed by atoms with van der Waals surface area (Å²) in [5.41, 5.74) is 0.255. The summed E-state index contributed by atoms with van der Waals surface area (Å²) >= 11 is 0. The molecule has 2 fully saturated rings. The van der Waals surface area contributed by atoms with E-state index >= 15 is 0 Å². The van der Waals surface area contributed by atoms with Crippen molar-refractivity contribution in [3.8, 4) is 0 Å². The third kappa shape index (κ3) is 3.88. The van der Waals surface area contributed by atoms with Crippen molar-refractivity contribution < 1.29 is 19.2 Å². The molecule has 9 heteroatoms. The summed E-state index contributed by atoms with van der Waals surface area (Å²) < 4.78 is 11.2. The van der Waals surface area contributed by atoms with Crippen LogP contribution in [0.2, 0.25) is 0 Å². The van der Waals surface area contributed by atoms with E-state index < -0.39 is 10.8 Å². The number of hydrogen-bond donors (Lipinski definition) is 1. The van der Waals surface area contributed by atoms with Gasteiger partial charge in [0, 0.05) is 32.2 Å². The number of carbonyl (C=O) groups is 1. The first-order chi connectivity index (χ1) is 14.1. The van der Waals surface area contributed by atoms with E-state index in [-0.39, 0.29) is 29.4 Å². The van der Waals surface area contributed by atoms with E-state index in [0.717, 1.165) is 25.7 Å². The Bertz CT molecular complexity index is 922. The lowest BCUT2D eigenvalue weighted by atomic mass is 10.0. The van der Waals surface area contributed by atoms with Crippen LogP contribution in [0.25, 0.3) is 10.9 Å². The Hall–Kier alpha value is -2.78. The fourth-order valence-corrected chi connectivity index (χ4v) is 3.94. The van der Waals surface area contributed by atoms with Gasteiger partial charge in [-0.05, 0) is 31.7 Å². The van der Waals surface area contributed by atoms with E-state index in [1.54, 1.807) is 36.2 Å². The standard InChI is InChI=1S/C20H24N4O5/c1-23(16-9-5-11-29-16)19-18(24(26)27)17(14-7-2-3-8-15(14)22-19)20(25)21-12-13-6-4-10-28-13/h2-3,7-8,13,16H,4-6,9-12H2,1H3,(H,21,25). The van der Waals surface area contributed by atoms with Crippen LogP contribution in [0.5, 0.6) is 0 Å². The van der Waals surface area contributed by atoms with Gasteiger partial charge in [0.15, 0.2) is 0 Å². The lowest BCUT2D eigenvalue weighted by Crippen LogP contribution is -2.34. The lowest BCUT2D eigenvalue weighted by molar-refractivity contribution is -0.384. The van der Waals surface area contributed by atoms with Crippen LogP contribution in [-0.2, 0) is 9.47 Å². The molecule has 0 bridgehead atoms. The fourth-order valence-electron chi connectivity index (χ4n) is 3.94. The molecule has 0 saturated carbocycles. The van der Waals surface area contributed by atoms with Crippen molar-refractivity contribution >= 4 is 28.3 Å². The van der Waals surface area contributed by atoms with Gasteiger partial charge >= 0.3 is 5.69 Å². The number of para-hydroxylation sites is 1. The number of fused-ring (bicyclic) bond motifs is 1. The molecular formula is C20H24N4O5. The number of nitrogens with zero attached hydrogens (tertiary/aromatic N) is 3. The van der Waals surface area contributed by atoms with Crippen LogP contribution >= 0.6 is 0 Å². The van der Waals surface area contributed by atoms with Gasteiger partial charge in [-0.2, -0.15) is 0 Å². The number of nitrogens with one attached hydrogen (secondary N) is 1. The minimum absolute atomic E-state index is 0.0263. The summed E-state index contributed by atoms with van der Waals surface area (Å²) in [6.45, 7) is 1.60. The fraction of sp³-hybridized carbons (Fsp3) is 0.500. The highest BCUT2D eigenvalue weighted by Crippen LogP contribution is 2.36. The average molecular weight is 400 g/mol. The summed E-state index contributed by atoms with van der Waals surface area (Å²) in [4.78, 5) is 30.8. The molecule has 0 spiro atoms. The largest absolute Gasteiger partial charge is 0.376 e. The Balaban J connectivity index is 1.78. The van der Waals surface area contributed by atoms with Crippen LogP contribution in [0.15, 0.2) is 24.3 Å². The predicted octanol–water partition coefficient (Wildman–Crippen LogP) is 2.62. The number of anilines is 1. The second-order valence-electron chi connectivity index (χ2n) is 7.36. The zero-order valence-electron chi connectivity index (χ0n) is 16.3. The second-order valence-corrected chi connectivity index (χ2v) is 7.36. The van der Waals surface area contributed by atoms with Gasteiger partial charge < -0.3 is 19.7 Å². The normalized spacial score (nSPS) is 21.4. The Labute approximate surface area is 168 Å². The number of ether oxygens (including phenoxy) is 2. The Morgan fingerprint density at radius 3 is 2.72 bits per heavy atom. The zero-order valence-corrected chi connectivity index (χ0v) is 16.3. The van der Waals surface area contributed by atoms with Crippen molar-refractivity contribution in [2.75, 3.05) is 31.7 Å². The van der Waals surface area contributed by atoms with Crippen molar-refractivity contribution in [2.45, 2.75) is 38.0 Å². The molecule has 2 unspecified atom stereocenters. The number of hydrogen-bond acceptors (Lipinski definition) is 7. The summed E-state index contributed by atoms with van der Waals surface area (Å²) in [5, 5.41) is 15.3. The van der Waals surface area contributed by atoms with E-state index in [2.05, 4.69) is 10.3 Å². The third-order valence-electron chi connectivity index (χ3n) is 5.44. The van der Waals surface area contributed by atoms with Gasteiger partial charge in [0.2, 0.25) is 5.82 Å².